The SMILES string of the molecule is C[C@@H](Oc1cc(-c2cnn(C(F)(F)F)c2)cc2ncccc12)C1CNC(=O)C1. The first-order valence-corrected chi connectivity index (χ1v) is 8.75. The Morgan fingerprint density at radius 3 is 2.82 bits per heavy atom. The zero-order valence-corrected chi connectivity index (χ0v) is 14.9. The van der Waals surface area contributed by atoms with E-state index in [1.807, 2.05) is 13.0 Å². The summed E-state index contributed by atoms with van der Waals surface area (Å²) in [5.74, 6) is 0.517. The van der Waals surface area contributed by atoms with Gasteiger partial charge >= 0.3 is 6.30 Å². The molecule has 3 aromatic rings. The monoisotopic (exact) mass is 390 g/mol. The van der Waals surface area contributed by atoms with E-state index >= 15 is 0 Å². The Morgan fingerprint density at radius 1 is 1.32 bits per heavy atom. The number of nitrogens with one attached hydrogen (secondary N) is 1. The summed E-state index contributed by atoms with van der Waals surface area (Å²) in [6.07, 6.45) is -0.756. The Balaban J connectivity index is 1.71. The van der Waals surface area contributed by atoms with Crippen LogP contribution < -0.4 is 10.1 Å². The average molecular weight is 390 g/mol. The fourth-order valence-electron chi connectivity index (χ4n) is 3.28. The second-order valence-electron chi connectivity index (χ2n) is 6.78. The minimum Gasteiger partial charge on any atom is -0.490 e. The third-order valence-electron chi connectivity index (χ3n) is 4.84. The van der Waals surface area contributed by atoms with Crippen molar-refractivity contribution in [3.63, 3.8) is 0 Å². The molecule has 146 valence electrons. The van der Waals surface area contributed by atoms with Gasteiger partial charge in [0.25, 0.3) is 0 Å². The Morgan fingerprint density at radius 2 is 2.14 bits per heavy atom. The third kappa shape index (κ3) is 3.51. The molecule has 1 fully saturated rings. The van der Waals surface area contributed by atoms with Gasteiger partial charge < -0.3 is 10.1 Å². The summed E-state index contributed by atoms with van der Waals surface area (Å²) < 4.78 is 44.6. The van der Waals surface area contributed by atoms with Crippen LogP contribution in [0.4, 0.5) is 13.2 Å². The number of aromatic nitrogens is 3. The van der Waals surface area contributed by atoms with E-state index in [0.717, 1.165) is 17.8 Å². The van der Waals surface area contributed by atoms with Gasteiger partial charge in [0.1, 0.15) is 11.9 Å². The number of ether oxygens (including phenoxy) is 1. The lowest BCUT2D eigenvalue weighted by atomic mass is 10.0. The quantitative estimate of drug-likeness (QED) is 0.741. The van der Waals surface area contributed by atoms with Crippen LogP contribution in [0.25, 0.3) is 22.0 Å². The van der Waals surface area contributed by atoms with Crippen LogP contribution in [0.2, 0.25) is 0 Å². The Bertz CT molecular complexity index is 1030. The number of carbonyl (C=O) groups is 1. The molecule has 1 amide bonds. The number of rotatable bonds is 4. The van der Waals surface area contributed by atoms with E-state index in [0.29, 0.717) is 35.4 Å². The van der Waals surface area contributed by atoms with Crippen molar-refractivity contribution >= 4 is 16.8 Å². The number of carbonyl (C=O) groups excluding carboxylic acids is 1. The van der Waals surface area contributed by atoms with E-state index in [1.165, 1.54) is 0 Å². The van der Waals surface area contributed by atoms with Crippen LogP contribution in [0.1, 0.15) is 13.3 Å². The summed E-state index contributed by atoms with van der Waals surface area (Å²) in [5, 5.41) is 6.92. The van der Waals surface area contributed by atoms with Crippen molar-refractivity contribution in [2.45, 2.75) is 25.7 Å². The molecule has 0 aliphatic carbocycles. The van der Waals surface area contributed by atoms with Gasteiger partial charge in [-0.15, -0.1) is 13.2 Å². The van der Waals surface area contributed by atoms with E-state index < -0.39 is 6.30 Å². The van der Waals surface area contributed by atoms with Gasteiger partial charge in [0.15, 0.2) is 0 Å². The minimum atomic E-state index is -4.58. The molecule has 1 aliphatic heterocycles. The molecular weight excluding hydrogens is 373 g/mol. The molecular formula is C19H17F3N4O2. The van der Waals surface area contributed by atoms with Crippen LogP contribution in [0, 0.1) is 5.92 Å². The van der Waals surface area contributed by atoms with Crippen molar-refractivity contribution in [3.8, 4) is 16.9 Å². The van der Waals surface area contributed by atoms with Gasteiger partial charge in [0.05, 0.1) is 11.7 Å². The summed E-state index contributed by atoms with van der Waals surface area (Å²) in [7, 11) is 0. The molecule has 0 bridgehead atoms. The second kappa shape index (κ2) is 6.81. The summed E-state index contributed by atoms with van der Waals surface area (Å²) in [6.45, 7) is 2.41. The van der Waals surface area contributed by atoms with E-state index in [-0.39, 0.29) is 22.6 Å². The first-order valence-electron chi connectivity index (χ1n) is 8.75. The molecule has 1 unspecified atom stereocenters. The molecule has 0 radical (unpaired) electrons. The first kappa shape index (κ1) is 18.3. The van der Waals surface area contributed by atoms with E-state index in [4.69, 9.17) is 4.74 Å². The largest absolute Gasteiger partial charge is 0.504 e. The van der Waals surface area contributed by atoms with E-state index in [1.54, 1.807) is 24.4 Å². The summed E-state index contributed by atoms with van der Waals surface area (Å²) in [4.78, 5) is 15.8. The fourth-order valence-corrected chi connectivity index (χ4v) is 3.28. The highest BCUT2D eigenvalue weighted by atomic mass is 19.4. The Hall–Kier alpha value is -3.10. The summed E-state index contributed by atoms with van der Waals surface area (Å²) in [6, 6.07) is 6.99. The number of hydrogen-bond acceptors (Lipinski definition) is 4. The topological polar surface area (TPSA) is 69.0 Å². The van der Waals surface area contributed by atoms with Crippen LogP contribution >= 0.6 is 0 Å². The lowest BCUT2D eigenvalue weighted by Crippen LogP contribution is -2.25. The third-order valence-corrected chi connectivity index (χ3v) is 4.84. The average Bonchev–Trinajstić information content (AvgIpc) is 3.30. The maximum absolute atomic E-state index is 12.9. The maximum atomic E-state index is 12.9. The first-order chi connectivity index (χ1) is 13.3. The lowest BCUT2D eigenvalue weighted by molar-refractivity contribution is -0.212. The minimum absolute atomic E-state index is 0.0136. The highest BCUT2D eigenvalue weighted by Crippen LogP contribution is 2.34. The molecule has 1 aliphatic rings. The Kier molecular flexibility index (Phi) is 4.44. The molecule has 1 N–H and O–H groups in total. The van der Waals surface area contributed by atoms with Gasteiger partial charge in [0.2, 0.25) is 5.91 Å². The normalized spacial score (nSPS) is 18.3. The van der Waals surface area contributed by atoms with Crippen LogP contribution in [0.5, 0.6) is 5.75 Å². The molecule has 2 aromatic heterocycles. The molecule has 1 saturated heterocycles. The van der Waals surface area contributed by atoms with Crippen molar-refractivity contribution in [3.05, 3.63) is 42.9 Å². The number of hydrogen-bond donors (Lipinski definition) is 1. The van der Waals surface area contributed by atoms with Gasteiger partial charge in [-0.3, -0.25) is 9.78 Å². The number of fused-ring (bicyclic) bond motifs is 1. The molecule has 3 heterocycles. The smallest absolute Gasteiger partial charge is 0.490 e. The number of pyridine rings is 1. The van der Waals surface area contributed by atoms with Crippen molar-refractivity contribution in [2.24, 2.45) is 5.92 Å². The molecule has 9 heteroatoms. The fraction of sp³-hybridized carbons (Fsp3) is 0.316. The van der Waals surface area contributed by atoms with Crippen molar-refractivity contribution in [1.29, 1.82) is 0 Å². The van der Waals surface area contributed by atoms with Gasteiger partial charge in [0, 0.05) is 42.2 Å². The van der Waals surface area contributed by atoms with Gasteiger partial charge in [-0.25, -0.2) is 0 Å². The van der Waals surface area contributed by atoms with E-state index in [2.05, 4.69) is 15.4 Å². The number of amides is 1. The van der Waals surface area contributed by atoms with Gasteiger partial charge in [-0.2, -0.15) is 9.78 Å². The molecule has 0 spiro atoms. The number of benzene rings is 1. The highest BCUT2D eigenvalue weighted by Gasteiger charge is 2.32. The molecule has 4 rings (SSSR count). The van der Waals surface area contributed by atoms with Crippen molar-refractivity contribution in [1.82, 2.24) is 20.1 Å². The second-order valence-corrected chi connectivity index (χ2v) is 6.78. The van der Waals surface area contributed by atoms with Crippen LogP contribution in [0.3, 0.4) is 0 Å². The zero-order valence-electron chi connectivity index (χ0n) is 14.9. The van der Waals surface area contributed by atoms with Gasteiger partial charge in [-0.05, 0) is 36.8 Å². The van der Waals surface area contributed by atoms with Crippen molar-refractivity contribution < 1.29 is 22.7 Å². The molecule has 28 heavy (non-hydrogen) atoms. The number of alkyl halides is 3. The van der Waals surface area contributed by atoms with Crippen LogP contribution in [-0.4, -0.2) is 33.3 Å². The van der Waals surface area contributed by atoms with Crippen LogP contribution in [0.15, 0.2) is 42.9 Å². The molecule has 6 nitrogen and oxygen atoms in total. The van der Waals surface area contributed by atoms with Crippen molar-refractivity contribution in [2.75, 3.05) is 6.54 Å². The number of halogens is 3. The Labute approximate surface area is 158 Å². The standard InChI is InChI=1S/C19H17F3N4O2/c1-11(13-7-18(27)24-8-13)28-17-6-12(5-16-15(17)3-2-4-23-16)14-9-25-26(10-14)19(20,21)22/h2-6,9-11,13H,7-8H2,1H3,(H,24,27)/t11-,13?/m1/s1. The molecule has 2 atom stereocenters. The van der Waals surface area contributed by atoms with Crippen LogP contribution in [-0.2, 0) is 11.1 Å². The highest BCUT2D eigenvalue weighted by molar-refractivity contribution is 5.90. The molecule has 1 aromatic carbocycles. The number of nitrogens with zero attached hydrogens (tertiary/aromatic N) is 3. The predicted octanol–water partition coefficient (Wildman–Crippen LogP) is 3.48. The molecule has 0 saturated carbocycles. The zero-order chi connectivity index (χ0) is 19.9. The van der Waals surface area contributed by atoms with E-state index in [9.17, 15) is 18.0 Å². The van der Waals surface area contributed by atoms with Gasteiger partial charge in [-0.1, -0.05) is 0 Å². The maximum Gasteiger partial charge on any atom is 0.504 e. The lowest BCUT2D eigenvalue weighted by Gasteiger charge is -2.21. The predicted molar refractivity (Wildman–Crippen MR) is 95.5 cm³/mol. The summed E-state index contributed by atoms with van der Waals surface area (Å²) in [5.41, 5.74) is 1.42. The summed E-state index contributed by atoms with van der Waals surface area (Å²) >= 11 is 0.